The molecule has 0 aliphatic carbocycles. The minimum atomic E-state index is 0.177. The Morgan fingerprint density at radius 1 is 1.15 bits per heavy atom. The smallest absolute Gasteiger partial charge is 0.224 e. The topological polar surface area (TPSA) is 66.0 Å². The first-order chi connectivity index (χ1) is 13.0. The standard InChI is InChI=1S/C21H36N4O2/c1-6-22-21(24-16-14-20(26)25(7-2)8-3)23-15-13-17(4)18-9-11-19(27-5)12-10-18/h9-12,17H,6-8,13-16H2,1-5H3,(H2,22,23,24). The lowest BCUT2D eigenvalue weighted by Gasteiger charge is -2.19. The molecule has 1 rings (SSSR count). The van der Waals surface area contributed by atoms with Gasteiger partial charge in [0.1, 0.15) is 5.75 Å². The number of carbonyl (C=O) groups excluding carboxylic acids is 1. The van der Waals surface area contributed by atoms with Gasteiger partial charge in [-0.25, -0.2) is 0 Å². The van der Waals surface area contributed by atoms with E-state index in [1.807, 2.05) is 37.8 Å². The fraction of sp³-hybridized carbons (Fsp3) is 0.619. The van der Waals surface area contributed by atoms with Crippen molar-refractivity contribution in [2.75, 3.05) is 39.8 Å². The van der Waals surface area contributed by atoms with Gasteiger partial charge in [-0.2, -0.15) is 0 Å². The zero-order valence-electron chi connectivity index (χ0n) is 17.5. The molecule has 0 aliphatic heterocycles. The van der Waals surface area contributed by atoms with Crippen LogP contribution in [0.15, 0.2) is 29.3 Å². The van der Waals surface area contributed by atoms with Crippen LogP contribution in [0, 0.1) is 0 Å². The maximum absolute atomic E-state index is 12.1. The van der Waals surface area contributed by atoms with Crippen molar-refractivity contribution in [3.63, 3.8) is 0 Å². The number of benzene rings is 1. The van der Waals surface area contributed by atoms with Gasteiger partial charge in [0, 0.05) is 39.1 Å². The van der Waals surface area contributed by atoms with Crippen molar-refractivity contribution in [2.45, 2.75) is 46.5 Å². The van der Waals surface area contributed by atoms with Crippen LogP contribution < -0.4 is 15.4 Å². The van der Waals surface area contributed by atoms with Crippen LogP contribution in [0.3, 0.4) is 0 Å². The molecule has 1 aromatic carbocycles. The number of nitrogens with zero attached hydrogens (tertiary/aromatic N) is 2. The molecule has 0 saturated carbocycles. The van der Waals surface area contributed by atoms with Crippen LogP contribution in [0.1, 0.15) is 52.0 Å². The molecule has 1 amide bonds. The number of nitrogens with one attached hydrogen (secondary N) is 2. The molecule has 0 heterocycles. The molecule has 27 heavy (non-hydrogen) atoms. The van der Waals surface area contributed by atoms with Crippen molar-refractivity contribution in [1.82, 2.24) is 15.5 Å². The maximum atomic E-state index is 12.1. The van der Waals surface area contributed by atoms with Crippen molar-refractivity contribution < 1.29 is 9.53 Å². The van der Waals surface area contributed by atoms with Gasteiger partial charge < -0.3 is 20.3 Å². The molecule has 0 spiro atoms. The van der Waals surface area contributed by atoms with Crippen LogP contribution in [0.5, 0.6) is 5.75 Å². The van der Waals surface area contributed by atoms with Crippen molar-refractivity contribution in [2.24, 2.45) is 4.99 Å². The van der Waals surface area contributed by atoms with E-state index in [2.05, 4.69) is 34.7 Å². The SMILES string of the molecule is CCNC(=NCCC(C)c1ccc(OC)cc1)NCCC(=O)N(CC)CC. The number of hydrogen-bond acceptors (Lipinski definition) is 3. The molecular weight excluding hydrogens is 340 g/mol. The number of ether oxygens (including phenoxy) is 1. The van der Waals surface area contributed by atoms with Gasteiger partial charge in [-0.3, -0.25) is 9.79 Å². The Morgan fingerprint density at radius 2 is 1.81 bits per heavy atom. The lowest BCUT2D eigenvalue weighted by molar-refractivity contribution is -0.130. The van der Waals surface area contributed by atoms with Crippen LogP contribution in [0.4, 0.5) is 0 Å². The molecule has 2 N–H and O–H groups in total. The molecule has 152 valence electrons. The van der Waals surface area contributed by atoms with E-state index in [1.54, 1.807) is 7.11 Å². The number of aliphatic imine (C=N–C) groups is 1. The van der Waals surface area contributed by atoms with Crippen LogP contribution in [0.2, 0.25) is 0 Å². The third kappa shape index (κ3) is 8.33. The zero-order valence-corrected chi connectivity index (χ0v) is 17.5. The number of guanidine groups is 1. The fourth-order valence-electron chi connectivity index (χ4n) is 2.83. The molecule has 0 aromatic heterocycles. The predicted octanol–water partition coefficient (Wildman–Crippen LogP) is 3.00. The van der Waals surface area contributed by atoms with Gasteiger partial charge in [-0.05, 0) is 50.8 Å². The first-order valence-electron chi connectivity index (χ1n) is 9.99. The van der Waals surface area contributed by atoms with Gasteiger partial charge >= 0.3 is 0 Å². The average molecular weight is 377 g/mol. The lowest BCUT2D eigenvalue weighted by Crippen LogP contribution is -2.40. The summed E-state index contributed by atoms with van der Waals surface area (Å²) in [5.74, 6) is 2.25. The molecule has 1 atom stereocenters. The lowest BCUT2D eigenvalue weighted by atomic mass is 9.98. The first kappa shape index (κ1) is 22.8. The second-order valence-corrected chi connectivity index (χ2v) is 6.47. The number of amides is 1. The van der Waals surface area contributed by atoms with Crippen LogP contribution >= 0.6 is 0 Å². The van der Waals surface area contributed by atoms with E-state index in [4.69, 9.17) is 4.74 Å². The van der Waals surface area contributed by atoms with Crippen LogP contribution in [0.25, 0.3) is 0 Å². The summed E-state index contributed by atoms with van der Waals surface area (Å²) in [5, 5.41) is 6.50. The van der Waals surface area contributed by atoms with Gasteiger partial charge in [0.25, 0.3) is 0 Å². The molecule has 1 aromatic rings. The number of carbonyl (C=O) groups is 1. The molecule has 6 nitrogen and oxygen atoms in total. The molecule has 0 bridgehead atoms. The zero-order chi connectivity index (χ0) is 20.1. The van der Waals surface area contributed by atoms with Gasteiger partial charge in [0.05, 0.1) is 7.11 Å². The highest BCUT2D eigenvalue weighted by Gasteiger charge is 2.09. The highest BCUT2D eigenvalue weighted by Crippen LogP contribution is 2.21. The average Bonchev–Trinajstić information content (AvgIpc) is 2.69. The Labute approximate surface area is 164 Å². The van der Waals surface area contributed by atoms with E-state index in [-0.39, 0.29) is 5.91 Å². The minimum absolute atomic E-state index is 0.177. The highest BCUT2D eigenvalue weighted by molar-refractivity contribution is 5.81. The molecule has 0 aliphatic rings. The van der Waals surface area contributed by atoms with Crippen molar-refractivity contribution in [3.8, 4) is 5.75 Å². The summed E-state index contributed by atoms with van der Waals surface area (Å²) in [6, 6.07) is 8.20. The van der Waals surface area contributed by atoms with E-state index < -0.39 is 0 Å². The third-order valence-electron chi connectivity index (χ3n) is 4.61. The second kappa shape index (κ2) is 13.0. The van der Waals surface area contributed by atoms with Crippen molar-refractivity contribution in [1.29, 1.82) is 0 Å². The monoisotopic (exact) mass is 376 g/mol. The molecule has 6 heteroatoms. The summed E-state index contributed by atoms with van der Waals surface area (Å²) in [4.78, 5) is 18.6. The summed E-state index contributed by atoms with van der Waals surface area (Å²) in [5.41, 5.74) is 1.29. The minimum Gasteiger partial charge on any atom is -0.497 e. The molecule has 1 unspecified atom stereocenters. The Hall–Kier alpha value is -2.24. The quantitative estimate of drug-likeness (QED) is 0.460. The molecular formula is C21H36N4O2. The summed E-state index contributed by atoms with van der Waals surface area (Å²) in [7, 11) is 1.68. The van der Waals surface area contributed by atoms with Crippen LogP contribution in [-0.2, 0) is 4.79 Å². The summed E-state index contributed by atoms with van der Waals surface area (Å²) >= 11 is 0. The largest absolute Gasteiger partial charge is 0.497 e. The fourth-order valence-corrected chi connectivity index (χ4v) is 2.83. The molecule has 0 saturated heterocycles. The number of methoxy groups -OCH3 is 1. The second-order valence-electron chi connectivity index (χ2n) is 6.47. The van der Waals surface area contributed by atoms with E-state index in [9.17, 15) is 4.79 Å². The Bertz CT molecular complexity index is 568. The predicted molar refractivity (Wildman–Crippen MR) is 113 cm³/mol. The van der Waals surface area contributed by atoms with Gasteiger partial charge in [-0.15, -0.1) is 0 Å². The van der Waals surface area contributed by atoms with Gasteiger partial charge in [0.15, 0.2) is 5.96 Å². The van der Waals surface area contributed by atoms with Crippen molar-refractivity contribution in [3.05, 3.63) is 29.8 Å². The van der Waals surface area contributed by atoms with Gasteiger partial charge in [0.2, 0.25) is 5.91 Å². The van der Waals surface area contributed by atoms with Gasteiger partial charge in [-0.1, -0.05) is 19.1 Å². The van der Waals surface area contributed by atoms with E-state index >= 15 is 0 Å². The molecule has 0 radical (unpaired) electrons. The van der Waals surface area contributed by atoms with E-state index in [0.29, 0.717) is 18.9 Å². The third-order valence-corrected chi connectivity index (χ3v) is 4.61. The first-order valence-corrected chi connectivity index (χ1v) is 9.99. The van der Waals surface area contributed by atoms with E-state index in [0.717, 1.165) is 44.3 Å². The summed E-state index contributed by atoms with van der Waals surface area (Å²) < 4.78 is 5.21. The normalized spacial score (nSPS) is 12.4. The summed E-state index contributed by atoms with van der Waals surface area (Å²) in [6.45, 7) is 11.9. The number of hydrogen-bond donors (Lipinski definition) is 2. The Kier molecular flexibility index (Phi) is 11.0. The summed E-state index contributed by atoms with van der Waals surface area (Å²) in [6.07, 6.45) is 1.44. The van der Waals surface area contributed by atoms with Crippen molar-refractivity contribution >= 4 is 11.9 Å². The maximum Gasteiger partial charge on any atom is 0.224 e. The molecule has 0 fully saturated rings. The Balaban J connectivity index is 2.46. The van der Waals surface area contributed by atoms with E-state index in [1.165, 1.54) is 5.56 Å². The Morgan fingerprint density at radius 3 is 2.37 bits per heavy atom. The highest BCUT2D eigenvalue weighted by atomic mass is 16.5. The van der Waals surface area contributed by atoms with Crippen LogP contribution in [-0.4, -0.2) is 56.6 Å². The number of rotatable bonds is 11.